The van der Waals surface area contributed by atoms with Crippen LogP contribution in [0, 0.1) is 6.92 Å². The van der Waals surface area contributed by atoms with Crippen LogP contribution in [-0.4, -0.2) is 19.3 Å². The van der Waals surface area contributed by atoms with Crippen LogP contribution in [0.25, 0.3) is 0 Å². The van der Waals surface area contributed by atoms with E-state index in [2.05, 4.69) is 17.6 Å². The monoisotopic (exact) mass is 330 g/mol. The summed E-state index contributed by atoms with van der Waals surface area (Å²) >= 11 is 5.39. The van der Waals surface area contributed by atoms with Gasteiger partial charge in [0.15, 0.2) is 5.11 Å². The normalized spacial score (nSPS) is 11.5. The van der Waals surface area contributed by atoms with Crippen molar-refractivity contribution in [1.82, 2.24) is 5.32 Å². The minimum atomic E-state index is -0.0227. The highest BCUT2D eigenvalue weighted by atomic mass is 32.1. The summed E-state index contributed by atoms with van der Waals surface area (Å²) in [6, 6.07) is 13.8. The second kappa shape index (κ2) is 7.83. The summed E-state index contributed by atoms with van der Waals surface area (Å²) in [6.07, 6.45) is 0. The fourth-order valence-electron chi connectivity index (χ4n) is 2.26. The molecule has 0 bridgehead atoms. The number of anilines is 1. The Hall–Kier alpha value is -2.27. The number of methoxy groups -OCH3 is 2. The van der Waals surface area contributed by atoms with Gasteiger partial charge in [0.05, 0.1) is 20.3 Å². The van der Waals surface area contributed by atoms with Gasteiger partial charge in [-0.15, -0.1) is 0 Å². The Morgan fingerprint density at radius 2 is 1.74 bits per heavy atom. The maximum absolute atomic E-state index is 5.42. The van der Waals surface area contributed by atoms with Crippen LogP contribution in [0.1, 0.15) is 24.1 Å². The summed E-state index contributed by atoms with van der Waals surface area (Å²) in [7, 11) is 3.30. The van der Waals surface area contributed by atoms with Crippen LogP contribution >= 0.6 is 12.2 Å². The molecule has 0 amide bonds. The van der Waals surface area contributed by atoms with Gasteiger partial charge in [0, 0.05) is 11.3 Å². The molecule has 2 N–H and O–H groups in total. The lowest BCUT2D eigenvalue weighted by Gasteiger charge is -2.20. The summed E-state index contributed by atoms with van der Waals surface area (Å²) in [5.41, 5.74) is 3.15. The van der Waals surface area contributed by atoms with Gasteiger partial charge >= 0.3 is 0 Å². The molecule has 0 saturated carbocycles. The Bertz CT molecular complexity index is 671. The van der Waals surface area contributed by atoms with Crippen LogP contribution in [-0.2, 0) is 0 Å². The quantitative estimate of drug-likeness (QED) is 0.809. The molecule has 122 valence electrons. The molecule has 0 aliphatic rings. The number of nitrogens with one attached hydrogen (secondary N) is 2. The predicted molar refractivity (Wildman–Crippen MR) is 98.5 cm³/mol. The zero-order valence-electron chi connectivity index (χ0n) is 13.8. The van der Waals surface area contributed by atoms with Crippen molar-refractivity contribution in [1.29, 1.82) is 0 Å². The first-order valence-corrected chi connectivity index (χ1v) is 7.80. The summed E-state index contributed by atoms with van der Waals surface area (Å²) in [6.45, 7) is 4.08. The van der Waals surface area contributed by atoms with Crippen molar-refractivity contribution in [2.45, 2.75) is 19.9 Å². The molecule has 0 spiro atoms. The smallest absolute Gasteiger partial charge is 0.171 e. The Morgan fingerprint density at radius 1 is 1.04 bits per heavy atom. The second-order valence-corrected chi connectivity index (χ2v) is 5.70. The molecule has 0 heterocycles. The van der Waals surface area contributed by atoms with E-state index in [1.807, 2.05) is 49.4 Å². The van der Waals surface area contributed by atoms with Crippen molar-refractivity contribution >= 4 is 23.0 Å². The van der Waals surface area contributed by atoms with Gasteiger partial charge in [0.2, 0.25) is 0 Å². The van der Waals surface area contributed by atoms with Crippen molar-refractivity contribution < 1.29 is 9.47 Å². The zero-order valence-corrected chi connectivity index (χ0v) is 14.7. The molecule has 0 aliphatic carbocycles. The summed E-state index contributed by atoms with van der Waals surface area (Å²) in [5, 5.41) is 7.02. The highest BCUT2D eigenvalue weighted by Crippen LogP contribution is 2.29. The van der Waals surface area contributed by atoms with E-state index in [9.17, 15) is 0 Å². The number of rotatable bonds is 5. The molecular formula is C18H22N2O2S. The van der Waals surface area contributed by atoms with Gasteiger partial charge in [-0.1, -0.05) is 17.7 Å². The number of benzene rings is 2. The molecule has 4 nitrogen and oxygen atoms in total. The van der Waals surface area contributed by atoms with Crippen molar-refractivity contribution in [2.75, 3.05) is 19.5 Å². The van der Waals surface area contributed by atoms with Gasteiger partial charge in [-0.3, -0.25) is 0 Å². The molecule has 0 fully saturated rings. The largest absolute Gasteiger partial charge is 0.497 e. The van der Waals surface area contributed by atoms with E-state index in [-0.39, 0.29) is 6.04 Å². The number of aryl methyl sites for hydroxylation is 1. The van der Waals surface area contributed by atoms with E-state index >= 15 is 0 Å². The first-order valence-electron chi connectivity index (χ1n) is 7.39. The van der Waals surface area contributed by atoms with Crippen molar-refractivity contribution in [3.63, 3.8) is 0 Å². The van der Waals surface area contributed by atoms with Gasteiger partial charge in [0.1, 0.15) is 11.5 Å². The number of thiocarbonyl (C=S) groups is 1. The molecule has 2 aromatic rings. The van der Waals surface area contributed by atoms with Gasteiger partial charge in [0.25, 0.3) is 0 Å². The SMILES string of the molecule is COc1ccc(OC)c([C@H](C)NC(=S)Nc2ccc(C)cc2)c1. The topological polar surface area (TPSA) is 42.5 Å². The Morgan fingerprint density at radius 3 is 2.35 bits per heavy atom. The van der Waals surface area contributed by atoms with Crippen molar-refractivity contribution in [2.24, 2.45) is 0 Å². The lowest BCUT2D eigenvalue weighted by molar-refractivity contribution is 0.395. The molecule has 0 unspecified atom stereocenters. The van der Waals surface area contributed by atoms with Crippen LogP contribution < -0.4 is 20.1 Å². The molecule has 23 heavy (non-hydrogen) atoms. The maximum Gasteiger partial charge on any atom is 0.171 e. The molecule has 2 aromatic carbocycles. The summed E-state index contributed by atoms with van der Waals surface area (Å²) < 4.78 is 10.7. The molecule has 2 rings (SSSR count). The summed E-state index contributed by atoms with van der Waals surface area (Å²) in [4.78, 5) is 0. The Labute approximate surface area is 142 Å². The zero-order chi connectivity index (χ0) is 16.8. The fraction of sp³-hybridized carbons (Fsp3) is 0.278. The van der Waals surface area contributed by atoms with Crippen LogP contribution in [0.2, 0.25) is 0 Å². The number of ether oxygens (including phenoxy) is 2. The number of hydrogen-bond acceptors (Lipinski definition) is 3. The minimum Gasteiger partial charge on any atom is -0.497 e. The minimum absolute atomic E-state index is 0.0227. The molecular weight excluding hydrogens is 308 g/mol. The molecule has 1 atom stereocenters. The van der Waals surface area contributed by atoms with Crippen LogP contribution in [0.15, 0.2) is 42.5 Å². The lowest BCUT2D eigenvalue weighted by atomic mass is 10.1. The molecule has 0 aromatic heterocycles. The maximum atomic E-state index is 5.42. The van der Waals surface area contributed by atoms with Gasteiger partial charge < -0.3 is 20.1 Å². The van der Waals surface area contributed by atoms with Crippen LogP contribution in [0.3, 0.4) is 0 Å². The Balaban J connectivity index is 2.07. The first-order chi connectivity index (χ1) is 11.0. The molecule has 0 aliphatic heterocycles. The van der Waals surface area contributed by atoms with Crippen LogP contribution in [0.5, 0.6) is 11.5 Å². The third kappa shape index (κ3) is 4.60. The lowest BCUT2D eigenvalue weighted by Crippen LogP contribution is -2.31. The van der Waals surface area contributed by atoms with E-state index in [0.29, 0.717) is 5.11 Å². The Kier molecular flexibility index (Phi) is 5.82. The third-order valence-electron chi connectivity index (χ3n) is 3.56. The highest BCUT2D eigenvalue weighted by molar-refractivity contribution is 7.80. The van der Waals surface area contributed by atoms with Crippen LogP contribution in [0.4, 0.5) is 5.69 Å². The van der Waals surface area contributed by atoms with Gasteiger partial charge in [-0.05, 0) is 56.4 Å². The standard InChI is InChI=1S/C18H22N2O2S/c1-12-5-7-14(8-6-12)20-18(23)19-13(2)16-11-15(21-3)9-10-17(16)22-4/h5-11,13H,1-4H3,(H2,19,20,23)/t13-/m0/s1. The van der Waals surface area contributed by atoms with E-state index < -0.39 is 0 Å². The first kappa shape index (κ1) is 17.1. The van der Waals surface area contributed by atoms with E-state index in [1.165, 1.54) is 5.56 Å². The third-order valence-corrected chi connectivity index (χ3v) is 3.78. The van der Waals surface area contributed by atoms with Gasteiger partial charge in [-0.2, -0.15) is 0 Å². The average molecular weight is 330 g/mol. The van der Waals surface area contributed by atoms with E-state index in [1.54, 1.807) is 14.2 Å². The summed E-state index contributed by atoms with van der Waals surface area (Å²) in [5.74, 6) is 1.58. The highest BCUT2D eigenvalue weighted by Gasteiger charge is 2.14. The van der Waals surface area contributed by atoms with Gasteiger partial charge in [-0.25, -0.2) is 0 Å². The van der Waals surface area contributed by atoms with Crippen molar-refractivity contribution in [3.8, 4) is 11.5 Å². The van der Waals surface area contributed by atoms with Crippen molar-refractivity contribution in [3.05, 3.63) is 53.6 Å². The second-order valence-electron chi connectivity index (χ2n) is 5.29. The predicted octanol–water partition coefficient (Wildman–Crippen LogP) is 4.06. The molecule has 5 heteroatoms. The molecule has 0 radical (unpaired) electrons. The van der Waals surface area contributed by atoms with E-state index in [4.69, 9.17) is 21.7 Å². The fourth-order valence-corrected chi connectivity index (χ4v) is 2.55. The average Bonchev–Trinajstić information content (AvgIpc) is 2.56. The number of hydrogen-bond donors (Lipinski definition) is 2. The van der Waals surface area contributed by atoms with E-state index in [0.717, 1.165) is 22.7 Å². The molecule has 0 saturated heterocycles.